The molecule has 0 spiro atoms. The molecule has 0 aromatic heterocycles. The van der Waals surface area contributed by atoms with Gasteiger partial charge in [-0.2, -0.15) is 0 Å². The number of hydrogen-bond donors (Lipinski definition) is 1. The predicted molar refractivity (Wildman–Crippen MR) is 120 cm³/mol. The van der Waals surface area contributed by atoms with Crippen LogP contribution in [0.4, 0.5) is 5.69 Å². The zero-order chi connectivity index (χ0) is 21.0. The molecule has 5 nitrogen and oxygen atoms in total. The van der Waals surface area contributed by atoms with Crippen LogP contribution >= 0.6 is 23.8 Å². The van der Waals surface area contributed by atoms with Crippen molar-refractivity contribution in [2.45, 2.75) is 33.0 Å². The Morgan fingerprint density at radius 2 is 1.86 bits per heavy atom. The van der Waals surface area contributed by atoms with E-state index < -0.39 is 0 Å². The fraction of sp³-hybridized carbons (Fsp3) is 0.364. The first-order valence-electron chi connectivity index (χ1n) is 9.56. The number of carbonyl (C=O) groups excluding carboxylic acids is 1. The maximum Gasteiger partial charge on any atom is 0.262 e. The predicted octanol–water partition coefficient (Wildman–Crippen LogP) is 4.45. The van der Waals surface area contributed by atoms with Gasteiger partial charge in [0.2, 0.25) is 0 Å². The lowest BCUT2D eigenvalue weighted by molar-refractivity contribution is -0.118. The Morgan fingerprint density at radius 3 is 2.52 bits per heavy atom. The Bertz CT molecular complexity index is 878. The number of halogens is 1. The summed E-state index contributed by atoms with van der Waals surface area (Å²) in [7, 11) is 0. The molecule has 1 amide bonds. The van der Waals surface area contributed by atoms with Gasteiger partial charge in [-0.15, -0.1) is 0 Å². The number of nitrogens with zero attached hydrogens (tertiary/aromatic N) is 1. The molecule has 154 valence electrons. The second kappa shape index (κ2) is 9.57. The molecule has 29 heavy (non-hydrogen) atoms. The summed E-state index contributed by atoms with van der Waals surface area (Å²) < 4.78 is 11.4. The van der Waals surface area contributed by atoms with Crippen molar-refractivity contribution in [3.63, 3.8) is 0 Å². The molecule has 1 heterocycles. The molecule has 0 aliphatic carbocycles. The SMILES string of the molecule is Cc1c(Cl)cccc1NC(=O)COc1ccc(C(=S)N2C[C@@H](C)O[C@@H](C)C2)cc1. The third kappa shape index (κ3) is 5.69. The smallest absolute Gasteiger partial charge is 0.262 e. The van der Waals surface area contributed by atoms with Crippen LogP contribution in [0.2, 0.25) is 5.02 Å². The highest BCUT2D eigenvalue weighted by molar-refractivity contribution is 7.80. The molecule has 1 saturated heterocycles. The van der Waals surface area contributed by atoms with E-state index in [1.807, 2.05) is 37.3 Å². The first kappa shape index (κ1) is 21.6. The van der Waals surface area contributed by atoms with E-state index in [-0.39, 0.29) is 24.7 Å². The van der Waals surface area contributed by atoms with Gasteiger partial charge in [-0.25, -0.2) is 0 Å². The molecular formula is C22H25ClN2O3S. The van der Waals surface area contributed by atoms with Gasteiger partial charge in [-0.05, 0) is 62.7 Å². The first-order chi connectivity index (χ1) is 13.8. The van der Waals surface area contributed by atoms with E-state index in [9.17, 15) is 4.79 Å². The quantitative estimate of drug-likeness (QED) is 0.707. The zero-order valence-electron chi connectivity index (χ0n) is 16.8. The lowest BCUT2D eigenvalue weighted by Crippen LogP contribution is -2.47. The molecule has 0 bridgehead atoms. The van der Waals surface area contributed by atoms with Gasteiger partial charge in [0.15, 0.2) is 6.61 Å². The number of carbonyl (C=O) groups is 1. The third-order valence-corrected chi connectivity index (χ3v) is 5.62. The van der Waals surface area contributed by atoms with E-state index in [2.05, 4.69) is 24.1 Å². The number of thiocarbonyl (C=S) groups is 1. The number of rotatable bonds is 5. The monoisotopic (exact) mass is 432 g/mol. The van der Waals surface area contributed by atoms with Crippen molar-refractivity contribution in [2.75, 3.05) is 25.0 Å². The maximum atomic E-state index is 12.2. The minimum Gasteiger partial charge on any atom is -0.484 e. The van der Waals surface area contributed by atoms with E-state index in [0.717, 1.165) is 29.2 Å². The molecule has 1 N–H and O–H groups in total. The molecule has 2 aromatic rings. The molecule has 2 atom stereocenters. The van der Waals surface area contributed by atoms with Crippen molar-refractivity contribution < 1.29 is 14.3 Å². The Morgan fingerprint density at radius 1 is 1.21 bits per heavy atom. The standard InChI is InChI=1S/C22H25ClN2O3S/c1-14-11-25(12-15(2)28-14)22(29)17-7-9-18(10-8-17)27-13-21(26)24-20-6-4-5-19(23)16(20)3/h4-10,14-15H,11-13H2,1-3H3,(H,24,26)/t14-,15+. The summed E-state index contributed by atoms with van der Waals surface area (Å²) >= 11 is 11.7. The van der Waals surface area contributed by atoms with Crippen LogP contribution in [-0.2, 0) is 9.53 Å². The van der Waals surface area contributed by atoms with Crippen molar-refractivity contribution >= 4 is 40.4 Å². The number of anilines is 1. The molecule has 7 heteroatoms. The topological polar surface area (TPSA) is 50.8 Å². The highest BCUT2D eigenvalue weighted by atomic mass is 35.5. The Balaban J connectivity index is 1.54. The average molecular weight is 433 g/mol. The molecule has 2 aromatic carbocycles. The van der Waals surface area contributed by atoms with Gasteiger partial charge in [-0.3, -0.25) is 4.79 Å². The second-order valence-electron chi connectivity index (χ2n) is 7.24. The molecule has 1 aliphatic heterocycles. The van der Waals surface area contributed by atoms with Crippen LogP contribution in [0.15, 0.2) is 42.5 Å². The molecule has 1 fully saturated rings. The Labute approximate surface area is 181 Å². The molecular weight excluding hydrogens is 408 g/mol. The van der Waals surface area contributed by atoms with Crippen LogP contribution < -0.4 is 10.1 Å². The number of benzene rings is 2. The van der Waals surface area contributed by atoms with Crippen molar-refractivity contribution in [1.29, 1.82) is 0 Å². The molecule has 0 radical (unpaired) electrons. The average Bonchev–Trinajstić information content (AvgIpc) is 2.69. The summed E-state index contributed by atoms with van der Waals surface area (Å²) in [5, 5.41) is 3.42. The highest BCUT2D eigenvalue weighted by Gasteiger charge is 2.24. The van der Waals surface area contributed by atoms with Crippen molar-refractivity contribution in [2.24, 2.45) is 0 Å². The zero-order valence-corrected chi connectivity index (χ0v) is 18.3. The summed E-state index contributed by atoms with van der Waals surface area (Å²) in [4.78, 5) is 15.1. The fourth-order valence-electron chi connectivity index (χ4n) is 3.30. The minimum absolute atomic E-state index is 0.0890. The van der Waals surface area contributed by atoms with Crippen molar-refractivity contribution in [1.82, 2.24) is 4.90 Å². The van der Waals surface area contributed by atoms with E-state index in [1.54, 1.807) is 12.1 Å². The van der Waals surface area contributed by atoms with Crippen LogP contribution in [0.3, 0.4) is 0 Å². The van der Waals surface area contributed by atoms with Gasteiger partial charge < -0.3 is 19.7 Å². The summed E-state index contributed by atoms with van der Waals surface area (Å²) in [6.45, 7) is 7.44. The van der Waals surface area contributed by atoms with Gasteiger partial charge in [0.1, 0.15) is 10.7 Å². The van der Waals surface area contributed by atoms with E-state index in [1.165, 1.54) is 0 Å². The molecule has 3 rings (SSSR count). The van der Waals surface area contributed by atoms with E-state index in [0.29, 0.717) is 16.5 Å². The Hall–Kier alpha value is -2.15. The molecule has 1 aliphatic rings. The summed E-state index contributed by atoms with van der Waals surface area (Å²) in [6.07, 6.45) is 0.307. The van der Waals surface area contributed by atoms with Gasteiger partial charge in [0, 0.05) is 29.4 Å². The largest absolute Gasteiger partial charge is 0.484 e. The lowest BCUT2D eigenvalue weighted by atomic mass is 10.1. The number of nitrogens with one attached hydrogen (secondary N) is 1. The van der Waals surface area contributed by atoms with Crippen LogP contribution in [0.25, 0.3) is 0 Å². The fourth-order valence-corrected chi connectivity index (χ4v) is 3.76. The first-order valence-corrected chi connectivity index (χ1v) is 10.3. The number of ether oxygens (including phenoxy) is 2. The van der Waals surface area contributed by atoms with Crippen LogP contribution in [0.5, 0.6) is 5.75 Å². The lowest BCUT2D eigenvalue weighted by Gasteiger charge is -2.37. The van der Waals surface area contributed by atoms with Crippen molar-refractivity contribution in [3.8, 4) is 5.75 Å². The molecule has 0 saturated carbocycles. The van der Waals surface area contributed by atoms with Crippen LogP contribution in [0, 0.1) is 6.92 Å². The number of morpholine rings is 1. The molecule has 0 unspecified atom stereocenters. The van der Waals surface area contributed by atoms with Crippen LogP contribution in [0.1, 0.15) is 25.0 Å². The van der Waals surface area contributed by atoms with Gasteiger partial charge in [0.05, 0.1) is 12.2 Å². The summed E-state index contributed by atoms with van der Waals surface area (Å²) in [6, 6.07) is 12.9. The van der Waals surface area contributed by atoms with E-state index >= 15 is 0 Å². The number of amides is 1. The minimum atomic E-state index is -0.244. The Kier molecular flexibility index (Phi) is 7.11. The van der Waals surface area contributed by atoms with Crippen molar-refractivity contribution in [3.05, 3.63) is 58.6 Å². The maximum absolute atomic E-state index is 12.2. The van der Waals surface area contributed by atoms with Gasteiger partial charge in [-0.1, -0.05) is 29.9 Å². The van der Waals surface area contributed by atoms with Gasteiger partial charge >= 0.3 is 0 Å². The van der Waals surface area contributed by atoms with Gasteiger partial charge in [0.25, 0.3) is 5.91 Å². The van der Waals surface area contributed by atoms with E-state index in [4.69, 9.17) is 33.3 Å². The third-order valence-electron chi connectivity index (χ3n) is 4.72. The second-order valence-corrected chi connectivity index (χ2v) is 8.03. The normalized spacial score (nSPS) is 19.0. The summed E-state index contributed by atoms with van der Waals surface area (Å²) in [5.74, 6) is 0.365. The summed E-state index contributed by atoms with van der Waals surface area (Å²) in [5.41, 5.74) is 2.46. The van der Waals surface area contributed by atoms with Crippen LogP contribution in [-0.4, -0.2) is 47.7 Å². The number of hydrogen-bond acceptors (Lipinski definition) is 4. The highest BCUT2D eigenvalue weighted by Crippen LogP contribution is 2.23.